The Bertz CT molecular complexity index is 1070. The Morgan fingerprint density at radius 2 is 2.00 bits per heavy atom. The zero-order valence-electron chi connectivity index (χ0n) is 14.2. The van der Waals surface area contributed by atoms with Gasteiger partial charge in [-0.05, 0) is 54.7 Å². The number of hydrogen-bond acceptors (Lipinski definition) is 7. The molecule has 0 atom stereocenters. The molecule has 1 amide bonds. The van der Waals surface area contributed by atoms with E-state index in [0.717, 1.165) is 0 Å². The molecule has 0 saturated carbocycles. The number of furan rings is 1. The molecule has 0 aliphatic carbocycles. The van der Waals surface area contributed by atoms with E-state index in [9.17, 15) is 13.2 Å². The summed E-state index contributed by atoms with van der Waals surface area (Å²) in [6.07, 6.45) is 5.80. The van der Waals surface area contributed by atoms with Gasteiger partial charge in [-0.2, -0.15) is 0 Å². The van der Waals surface area contributed by atoms with Crippen LogP contribution >= 0.6 is 23.6 Å². The van der Waals surface area contributed by atoms with Crippen molar-refractivity contribution in [2.45, 2.75) is 4.90 Å². The van der Waals surface area contributed by atoms with E-state index in [1.165, 1.54) is 60.2 Å². The number of thiazole rings is 1. The van der Waals surface area contributed by atoms with Gasteiger partial charge in [0.2, 0.25) is 5.91 Å². The smallest absolute Gasteiger partial charge is 0.263 e. The molecule has 28 heavy (non-hydrogen) atoms. The van der Waals surface area contributed by atoms with Crippen LogP contribution in [0.1, 0.15) is 5.76 Å². The number of carbonyl (C=O) groups is 1. The maximum atomic E-state index is 12.3. The Morgan fingerprint density at radius 3 is 2.64 bits per heavy atom. The summed E-state index contributed by atoms with van der Waals surface area (Å²) in [5.41, 5.74) is 0.522. The van der Waals surface area contributed by atoms with E-state index in [2.05, 4.69) is 20.3 Å². The molecular weight excluding hydrogens is 420 g/mol. The minimum absolute atomic E-state index is 0.0737. The third-order valence-electron chi connectivity index (χ3n) is 3.26. The molecule has 0 bridgehead atoms. The molecule has 1 aromatic carbocycles. The van der Waals surface area contributed by atoms with E-state index < -0.39 is 15.9 Å². The minimum Gasteiger partial charge on any atom is -0.465 e. The normalized spacial score (nSPS) is 11.3. The molecule has 0 saturated heterocycles. The van der Waals surface area contributed by atoms with Gasteiger partial charge in [0.1, 0.15) is 5.76 Å². The van der Waals surface area contributed by atoms with Crippen molar-refractivity contribution in [1.29, 1.82) is 0 Å². The van der Waals surface area contributed by atoms with E-state index in [4.69, 9.17) is 16.6 Å². The highest BCUT2D eigenvalue weighted by Gasteiger charge is 2.15. The standard InChI is InChI=1S/C17H14N4O4S3/c22-15(8-5-13-2-1-10-25-13)20-16(26)19-12-3-6-14(7-4-12)28(23,24)21-17-18-9-11-27-17/h1-11H,(H,18,21)(H2,19,20,22,26)/b8-5+. The second-order valence-electron chi connectivity index (χ2n) is 5.26. The predicted octanol–water partition coefficient (Wildman–Crippen LogP) is 3.06. The van der Waals surface area contributed by atoms with Crippen molar-refractivity contribution in [2.24, 2.45) is 0 Å². The first-order chi connectivity index (χ1) is 13.4. The van der Waals surface area contributed by atoms with Crippen LogP contribution in [-0.2, 0) is 14.8 Å². The summed E-state index contributed by atoms with van der Waals surface area (Å²) in [6, 6.07) is 9.32. The van der Waals surface area contributed by atoms with Gasteiger partial charge in [-0.15, -0.1) is 11.3 Å². The number of aromatic nitrogens is 1. The van der Waals surface area contributed by atoms with Crippen LogP contribution in [0.25, 0.3) is 6.08 Å². The summed E-state index contributed by atoms with van der Waals surface area (Å²) in [7, 11) is -3.73. The Morgan fingerprint density at radius 1 is 1.21 bits per heavy atom. The van der Waals surface area contributed by atoms with Crippen molar-refractivity contribution in [3.05, 3.63) is 66.1 Å². The molecule has 3 aromatic rings. The van der Waals surface area contributed by atoms with Gasteiger partial charge >= 0.3 is 0 Å². The van der Waals surface area contributed by atoms with Crippen LogP contribution in [0.15, 0.2) is 69.6 Å². The number of carbonyl (C=O) groups excluding carboxylic acids is 1. The summed E-state index contributed by atoms with van der Waals surface area (Å²) < 4.78 is 32.0. The van der Waals surface area contributed by atoms with Crippen LogP contribution in [0, 0.1) is 0 Å². The van der Waals surface area contributed by atoms with Crippen molar-refractivity contribution < 1.29 is 17.6 Å². The number of benzene rings is 1. The molecule has 11 heteroatoms. The van der Waals surface area contributed by atoms with Gasteiger partial charge in [-0.25, -0.2) is 13.4 Å². The van der Waals surface area contributed by atoms with E-state index in [1.54, 1.807) is 17.5 Å². The molecule has 0 aliphatic heterocycles. The molecule has 3 rings (SSSR count). The van der Waals surface area contributed by atoms with Crippen LogP contribution in [-0.4, -0.2) is 24.4 Å². The largest absolute Gasteiger partial charge is 0.465 e. The van der Waals surface area contributed by atoms with Crippen LogP contribution in [0.3, 0.4) is 0 Å². The Balaban J connectivity index is 1.56. The lowest BCUT2D eigenvalue weighted by Gasteiger charge is -2.09. The van der Waals surface area contributed by atoms with E-state index in [1.807, 2.05) is 0 Å². The second-order valence-corrected chi connectivity index (χ2v) is 8.24. The topological polar surface area (TPSA) is 113 Å². The molecule has 0 unspecified atom stereocenters. The zero-order valence-corrected chi connectivity index (χ0v) is 16.6. The first kappa shape index (κ1) is 19.7. The van der Waals surface area contributed by atoms with Crippen molar-refractivity contribution >= 4 is 61.5 Å². The fourth-order valence-electron chi connectivity index (χ4n) is 2.02. The van der Waals surface area contributed by atoms with Crippen molar-refractivity contribution in [2.75, 3.05) is 10.0 Å². The van der Waals surface area contributed by atoms with Gasteiger partial charge in [-0.1, -0.05) is 0 Å². The fraction of sp³-hybridized carbons (Fsp3) is 0. The molecule has 144 valence electrons. The molecule has 0 spiro atoms. The third kappa shape index (κ3) is 5.49. The van der Waals surface area contributed by atoms with Crippen LogP contribution in [0.5, 0.6) is 0 Å². The number of hydrogen-bond donors (Lipinski definition) is 3. The van der Waals surface area contributed by atoms with Crippen molar-refractivity contribution in [3.63, 3.8) is 0 Å². The summed E-state index contributed by atoms with van der Waals surface area (Å²) in [5.74, 6) is 0.109. The highest BCUT2D eigenvalue weighted by atomic mass is 32.2. The number of nitrogens with one attached hydrogen (secondary N) is 3. The summed E-state index contributed by atoms with van der Waals surface area (Å²) in [4.78, 5) is 15.8. The maximum Gasteiger partial charge on any atom is 0.263 e. The molecule has 2 heterocycles. The average molecular weight is 435 g/mol. The Labute approximate surface area is 170 Å². The number of anilines is 2. The summed E-state index contributed by atoms with van der Waals surface area (Å²) in [6.45, 7) is 0. The lowest BCUT2D eigenvalue weighted by molar-refractivity contribution is -0.115. The highest BCUT2D eigenvalue weighted by molar-refractivity contribution is 7.93. The predicted molar refractivity (Wildman–Crippen MR) is 111 cm³/mol. The van der Waals surface area contributed by atoms with Gasteiger partial charge in [0, 0.05) is 23.3 Å². The van der Waals surface area contributed by atoms with Gasteiger partial charge < -0.3 is 9.73 Å². The van der Waals surface area contributed by atoms with E-state index in [-0.39, 0.29) is 15.1 Å². The van der Waals surface area contributed by atoms with Crippen LogP contribution in [0.4, 0.5) is 10.8 Å². The summed E-state index contributed by atoms with van der Waals surface area (Å²) in [5, 5.41) is 7.32. The van der Waals surface area contributed by atoms with Gasteiger partial charge in [0.25, 0.3) is 10.0 Å². The first-order valence-electron chi connectivity index (χ1n) is 7.78. The van der Waals surface area contributed by atoms with Crippen molar-refractivity contribution in [3.8, 4) is 0 Å². The first-order valence-corrected chi connectivity index (χ1v) is 10.6. The zero-order chi connectivity index (χ0) is 20.0. The molecular formula is C17H14N4O4S3. The van der Waals surface area contributed by atoms with Gasteiger partial charge in [-0.3, -0.25) is 14.8 Å². The average Bonchev–Trinajstić information content (AvgIpc) is 3.34. The lowest BCUT2D eigenvalue weighted by atomic mass is 10.3. The van der Waals surface area contributed by atoms with E-state index >= 15 is 0 Å². The Hall–Kier alpha value is -3.02. The summed E-state index contributed by atoms with van der Waals surface area (Å²) >= 11 is 6.25. The number of sulfonamides is 1. The number of thiocarbonyl (C=S) groups is 1. The van der Waals surface area contributed by atoms with Gasteiger partial charge in [0.15, 0.2) is 10.2 Å². The molecule has 0 fully saturated rings. The third-order valence-corrected chi connectivity index (χ3v) is 5.63. The highest BCUT2D eigenvalue weighted by Crippen LogP contribution is 2.19. The monoisotopic (exact) mass is 434 g/mol. The molecule has 0 aliphatic rings. The fourth-order valence-corrected chi connectivity index (χ4v) is 4.03. The minimum atomic E-state index is -3.73. The van der Waals surface area contributed by atoms with Crippen molar-refractivity contribution in [1.82, 2.24) is 10.3 Å². The quantitative estimate of drug-likeness (QED) is 0.404. The number of nitrogens with zero attached hydrogens (tertiary/aromatic N) is 1. The molecule has 2 aromatic heterocycles. The number of amides is 1. The van der Waals surface area contributed by atoms with Crippen LogP contribution < -0.4 is 15.4 Å². The number of rotatable bonds is 6. The lowest BCUT2D eigenvalue weighted by Crippen LogP contribution is -2.32. The van der Waals surface area contributed by atoms with Crippen LogP contribution in [0.2, 0.25) is 0 Å². The molecule has 3 N–H and O–H groups in total. The molecule has 8 nitrogen and oxygen atoms in total. The maximum absolute atomic E-state index is 12.3. The Kier molecular flexibility index (Phi) is 6.19. The second kappa shape index (κ2) is 8.78. The SMILES string of the molecule is O=C(/C=C/c1ccco1)NC(=S)Nc1ccc(S(=O)(=O)Nc2nccs2)cc1. The molecule has 0 radical (unpaired) electrons. The van der Waals surface area contributed by atoms with E-state index in [0.29, 0.717) is 11.4 Å². The van der Waals surface area contributed by atoms with Gasteiger partial charge in [0.05, 0.1) is 11.2 Å².